The van der Waals surface area contributed by atoms with Crippen molar-refractivity contribution in [3.05, 3.63) is 162 Å². The Bertz CT molecular complexity index is 5680. The van der Waals surface area contributed by atoms with Crippen molar-refractivity contribution < 1.29 is 134 Å². The second-order valence-corrected chi connectivity index (χ2v) is 47.1. The van der Waals surface area contributed by atoms with Gasteiger partial charge in [0.1, 0.15) is 17.2 Å². The molecule has 0 unspecified atom stereocenters. The van der Waals surface area contributed by atoms with Gasteiger partial charge in [-0.3, -0.25) is 0 Å². The van der Waals surface area contributed by atoms with Crippen LogP contribution in [0.2, 0.25) is 0 Å². The normalized spacial score (nSPS) is 12.3. The first-order valence-corrected chi connectivity index (χ1v) is 54.7. The number of unbranched alkanes of at least 4 members (excludes halogenated alkanes) is 26. The lowest BCUT2D eigenvalue weighted by molar-refractivity contribution is 0.401. The lowest BCUT2D eigenvalue weighted by Crippen LogP contribution is -2.37. The van der Waals surface area contributed by atoms with E-state index in [4.69, 9.17) is 0 Å². The van der Waals surface area contributed by atoms with E-state index in [0.29, 0.717) is 76.5 Å². The van der Waals surface area contributed by atoms with Gasteiger partial charge in [0.15, 0.2) is 57.5 Å². The average Bonchev–Trinajstić information content (AvgIpc) is 0.774. The number of aromatic hydroxyl groups is 13. The number of sulfonamides is 8. The molecule has 0 bridgehead atoms. The summed E-state index contributed by atoms with van der Waals surface area (Å²) in [5, 5.41) is 126. The Morgan fingerprint density at radius 1 is 0.169 bits per heavy atom. The molecule has 8 rings (SSSR count). The molecule has 41 heteroatoms. The number of rotatable bonds is 50. The van der Waals surface area contributed by atoms with Crippen molar-refractivity contribution in [2.75, 3.05) is 26.2 Å². The summed E-state index contributed by atoms with van der Waals surface area (Å²) in [6.07, 6.45) is 27.1. The Morgan fingerprint density at radius 3 is 0.423 bits per heavy atom. The third-order valence-corrected chi connectivity index (χ3v) is 38.3. The first-order chi connectivity index (χ1) is 61.0. The Balaban J connectivity index is 0.000000307. The van der Waals surface area contributed by atoms with Crippen molar-refractivity contribution in [3.63, 3.8) is 0 Å². The summed E-state index contributed by atoms with van der Waals surface area (Å²) in [5.41, 5.74) is 1.36. The predicted molar refractivity (Wildman–Crippen MR) is 493 cm³/mol. The molecule has 724 valence electrons. The van der Waals surface area contributed by atoms with Crippen molar-refractivity contribution in [1.82, 2.24) is 14.8 Å². The smallest absolute Gasteiger partial charge is 0.256 e. The summed E-state index contributed by atoms with van der Waals surface area (Å²) in [5.74, 6) is -6.87. The average molecular weight is 1970 g/mol. The van der Waals surface area contributed by atoms with E-state index in [1.165, 1.54) is 68.5 Å². The fourth-order valence-corrected chi connectivity index (χ4v) is 28.2. The van der Waals surface area contributed by atoms with Crippen LogP contribution in [0.5, 0.6) is 74.7 Å². The minimum atomic E-state index is -4.65. The van der Waals surface area contributed by atoms with Gasteiger partial charge in [0.2, 0.25) is 0 Å². The molecule has 0 saturated carbocycles. The van der Waals surface area contributed by atoms with Gasteiger partial charge < -0.3 is 66.4 Å². The van der Waals surface area contributed by atoms with E-state index >= 15 is 0 Å². The Kier molecular flexibility index (Phi) is 44.1. The summed E-state index contributed by atoms with van der Waals surface area (Å²) in [4.78, 5) is -3.46. The Morgan fingerprint density at radius 2 is 0.292 bits per heavy atom. The van der Waals surface area contributed by atoms with Crippen molar-refractivity contribution in [2.24, 2.45) is 0 Å². The van der Waals surface area contributed by atoms with E-state index in [1.807, 2.05) is 6.92 Å². The first kappa shape index (κ1) is 111. The molecular weight excluding hydrogens is 1850 g/mol. The lowest BCUT2D eigenvalue weighted by Gasteiger charge is -2.22. The first-order valence-electron chi connectivity index (χ1n) is 43.2. The largest absolute Gasteiger partial charge is 0.508 e. The molecule has 13 N–H and O–H groups in total. The topological polar surface area (TPSA) is 549 Å². The zero-order chi connectivity index (χ0) is 97.2. The van der Waals surface area contributed by atoms with Crippen LogP contribution in [-0.4, -0.2) is 175 Å². The zero-order valence-corrected chi connectivity index (χ0v) is 80.8. The Labute approximate surface area is 766 Å². The standard InChI is InChI=1S/C24H35NO8S2.C23H33NO7S2.C22H31NO7S2.C20H27NO7S2/c1-2-3-4-5-6-7-8-9-10-11-16-25(34(30,31)19-12-14-21(26)23(28)17-19)35(32,33)20-13-15-22(27)24(29)18-20;1-3-4-5-6-7-8-9-10-15-24(32(28,29)19-12-11-18(2)22(26)16-19)33(30,31)20-13-14-21(25)23(27)17-20;1-3-4-5-6-7-8-9-14-23(31(27,28)18-11-10-17(2)21(25)15-18)32(29,30)19-12-13-20(24)22(26)16-19;1-3-4-5-6-7-12-21(29(25,26)16-9-8-15(2)19(23)13-16)30(27,28)17-10-11-18(22)20(24)14-17/h12-15,17-18,26-29H,2-11,16H2,1H3;11-14,16-17,25-27H,3-10,15H2,1-2H3;10-13,15-16,24-26H,3-9,14H2,1-2H3;8-11,13-14,22-24H,3-7,12H2,1-2H3. The lowest BCUT2D eigenvalue weighted by atomic mass is 10.1. The highest BCUT2D eigenvalue weighted by molar-refractivity contribution is 8.05. The minimum absolute atomic E-state index is 0.261. The van der Waals surface area contributed by atoms with Gasteiger partial charge in [-0.05, 0) is 142 Å². The predicted octanol–water partition coefficient (Wildman–Crippen LogP) is 17.1. The highest BCUT2D eigenvalue weighted by Gasteiger charge is 2.42. The molecule has 0 aliphatic carbocycles. The van der Waals surface area contributed by atoms with Crippen molar-refractivity contribution in [3.8, 4) is 74.7 Å². The molecule has 0 atom stereocenters. The number of phenols is 13. The van der Waals surface area contributed by atoms with Crippen molar-refractivity contribution in [1.29, 1.82) is 0 Å². The molecular formula is C89H126N4O29S8. The molecule has 130 heavy (non-hydrogen) atoms. The number of phenolic OH excluding ortho intramolecular Hbond substituents is 13. The van der Waals surface area contributed by atoms with E-state index in [1.54, 1.807) is 20.8 Å². The van der Waals surface area contributed by atoms with Crippen LogP contribution in [0.1, 0.15) is 237 Å². The molecule has 0 radical (unpaired) electrons. The van der Waals surface area contributed by atoms with Crippen LogP contribution >= 0.6 is 0 Å². The summed E-state index contributed by atoms with van der Waals surface area (Å²) >= 11 is 0. The molecule has 0 saturated heterocycles. The van der Waals surface area contributed by atoms with Gasteiger partial charge in [-0.15, -0.1) is 0 Å². The highest BCUT2D eigenvalue weighted by atomic mass is 32.3. The fourth-order valence-electron chi connectivity index (χ4n) is 13.1. The van der Waals surface area contributed by atoms with Gasteiger partial charge in [0.25, 0.3) is 80.2 Å². The summed E-state index contributed by atoms with van der Waals surface area (Å²) in [7, 11) is -36.6. The summed E-state index contributed by atoms with van der Waals surface area (Å²) in [6, 6.07) is 24.9. The van der Waals surface area contributed by atoms with E-state index < -0.39 is 162 Å². The number of aryl methyl sites for hydroxylation is 3. The maximum absolute atomic E-state index is 13.3. The molecule has 8 aromatic carbocycles. The van der Waals surface area contributed by atoms with Crippen LogP contribution in [0.3, 0.4) is 0 Å². The van der Waals surface area contributed by atoms with Crippen molar-refractivity contribution in [2.45, 2.75) is 280 Å². The second kappa shape index (κ2) is 51.6. The summed E-state index contributed by atoms with van der Waals surface area (Å²) < 4.78 is 214. The van der Waals surface area contributed by atoms with Gasteiger partial charge in [0, 0.05) is 74.7 Å². The number of hydrogen-bond acceptors (Lipinski definition) is 29. The molecule has 0 fully saturated rings. The van der Waals surface area contributed by atoms with Crippen LogP contribution in [0.25, 0.3) is 0 Å². The third-order valence-electron chi connectivity index (χ3n) is 21.1. The van der Waals surface area contributed by atoms with Gasteiger partial charge in [0.05, 0.1) is 39.2 Å². The minimum Gasteiger partial charge on any atom is -0.508 e. The summed E-state index contributed by atoms with van der Waals surface area (Å²) in [6.45, 7) is 12.0. The van der Waals surface area contributed by atoms with E-state index in [9.17, 15) is 134 Å². The number of hydrogen-bond donors (Lipinski definition) is 13. The van der Waals surface area contributed by atoms with E-state index in [2.05, 4.69) is 20.8 Å². The molecule has 0 amide bonds. The fraction of sp³-hybridized carbons (Fsp3) is 0.461. The maximum atomic E-state index is 13.3. The van der Waals surface area contributed by atoms with Crippen LogP contribution < -0.4 is 0 Å². The van der Waals surface area contributed by atoms with Gasteiger partial charge >= 0.3 is 0 Å². The maximum Gasteiger partial charge on any atom is 0.256 e. The molecule has 8 aromatic rings. The van der Waals surface area contributed by atoms with Crippen molar-refractivity contribution >= 4 is 80.2 Å². The van der Waals surface area contributed by atoms with E-state index in [-0.39, 0.29) is 64.5 Å². The molecule has 0 aliphatic heterocycles. The zero-order valence-electron chi connectivity index (χ0n) is 74.3. The third kappa shape index (κ3) is 31.4. The van der Waals surface area contributed by atoms with Gasteiger partial charge in [-0.25, -0.2) is 67.3 Å². The number of benzene rings is 8. The quantitative estimate of drug-likeness (QED) is 0.0124. The molecule has 33 nitrogen and oxygen atoms in total. The molecule has 0 aliphatic rings. The van der Waals surface area contributed by atoms with Crippen LogP contribution in [0.4, 0.5) is 0 Å². The monoisotopic (exact) mass is 1970 g/mol. The van der Waals surface area contributed by atoms with Crippen LogP contribution in [0.15, 0.2) is 185 Å². The van der Waals surface area contributed by atoms with Gasteiger partial charge in [-0.1, -0.05) is 228 Å². The van der Waals surface area contributed by atoms with Gasteiger partial charge in [-0.2, -0.15) is 0 Å². The molecule has 0 heterocycles. The Hall–Kier alpha value is -9.40. The SMILES string of the molecule is CCCCCCCCCCCCN(S(=O)(=O)c1ccc(O)c(O)c1)S(=O)(=O)c1ccc(O)c(O)c1.CCCCCCCCCCN(S(=O)(=O)c1ccc(C)c(O)c1)S(=O)(=O)c1ccc(O)c(O)c1.CCCCCCCCCN(S(=O)(=O)c1ccc(C)c(O)c1)S(=O)(=O)c1ccc(O)c(O)c1.CCCCCCCN(S(=O)(=O)c1ccc(C)c(O)c1)S(=O)(=O)c1ccc(O)c(O)c1. The second-order valence-electron chi connectivity index (χ2n) is 31.3. The highest BCUT2D eigenvalue weighted by Crippen LogP contribution is 2.40. The number of nitrogens with zero attached hydrogens (tertiary/aromatic N) is 4. The van der Waals surface area contributed by atoms with E-state index in [0.717, 1.165) is 218 Å². The molecule has 0 aromatic heterocycles. The van der Waals surface area contributed by atoms with Crippen LogP contribution in [-0.2, 0) is 80.2 Å². The van der Waals surface area contributed by atoms with Crippen LogP contribution in [0, 0.1) is 20.8 Å². The molecule has 0 spiro atoms.